The second-order valence-corrected chi connectivity index (χ2v) is 7.33. The summed E-state index contributed by atoms with van der Waals surface area (Å²) in [5, 5.41) is 22.6. The van der Waals surface area contributed by atoms with Crippen molar-refractivity contribution < 1.29 is 19.7 Å². The number of aliphatic hydroxyl groups is 1. The second kappa shape index (κ2) is 9.02. The van der Waals surface area contributed by atoms with E-state index in [0.717, 1.165) is 40.8 Å². The summed E-state index contributed by atoms with van der Waals surface area (Å²) in [5.41, 5.74) is 3.74. The minimum atomic E-state index is -0.991. The average molecular weight is 405 g/mol. The maximum Gasteiger partial charge on any atom is 0.337 e. The Hall–Kier alpha value is -3.29. The van der Waals surface area contributed by atoms with Crippen molar-refractivity contribution in [3.63, 3.8) is 0 Å². The van der Waals surface area contributed by atoms with Gasteiger partial charge in [0.25, 0.3) is 0 Å². The monoisotopic (exact) mass is 405 g/mol. The molecule has 7 heteroatoms. The van der Waals surface area contributed by atoms with Crippen molar-refractivity contribution in [1.82, 2.24) is 15.3 Å². The molecule has 1 aliphatic rings. The predicted molar refractivity (Wildman–Crippen MR) is 111 cm³/mol. The highest BCUT2D eigenvalue weighted by atomic mass is 16.5. The van der Waals surface area contributed by atoms with Crippen LogP contribution in [-0.4, -0.2) is 45.3 Å². The Balaban J connectivity index is 1.36. The van der Waals surface area contributed by atoms with Crippen LogP contribution in [0.3, 0.4) is 0 Å². The first-order valence-electron chi connectivity index (χ1n) is 9.87. The Bertz CT molecular complexity index is 1030. The van der Waals surface area contributed by atoms with Gasteiger partial charge in [-0.1, -0.05) is 12.1 Å². The lowest BCUT2D eigenvalue weighted by Crippen LogP contribution is -2.36. The van der Waals surface area contributed by atoms with Gasteiger partial charge in [0.05, 0.1) is 11.7 Å². The minimum absolute atomic E-state index is 0.0291. The van der Waals surface area contributed by atoms with Gasteiger partial charge >= 0.3 is 5.97 Å². The highest BCUT2D eigenvalue weighted by Gasteiger charge is 2.20. The van der Waals surface area contributed by atoms with E-state index in [1.54, 1.807) is 24.7 Å². The Morgan fingerprint density at radius 3 is 2.87 bits per heavy atom. The van der Waals surface area contributed by atoms with Crippen LogP contribution in [0.2, 0.25) is 0 Å². The molecule has 2 aromatic heterocycles. The number of hydrogen-bond acceptors (Lipinski definition) is 6. The van der Waals surface area contributed by atoms with Gasteiger partial charge in [-0.3, -0.25) is 9.97 Å². The van der Waals surface area contributed by atoms with Gasteiger partial charge in [0.1, 0.15) is 11.9 Å². The van der Waals surface area contributed by atoms with E-state index in [0.29, 0.717) is 13.1 Å². The first-order valence-corrected chi connectivity index (χ1v) is 9.87. The summed E-state index contributed by atoms with van der Waals surface area (Å²) in [6, 6.07) is 11.2. The molecule has 1 aliphatic heterocycles. The lowest BCUT2D eigenvalue weighted by molar-refractivity contribution is 0.0696. The third-order valence-corrected chi connectivity index (χ3v) is 5.19. The second-order valence-electron chi connectivity index (χ2n) is 7.33. The molecule has 0 fully saturated rings. The fourth-order valence-corrected chi connectivity index (χ4v) is 3.55. The lowest BCUT2D eigenvalue weighted by Gasteiger charge is -2.27. The number of carbonyl (C=O) groups is 1. The number of nitrogens with one attached hydrogen (secondary N) is 1. The zero-order chi connectivity index (χ0) is 20.9. The third kappa shape index (κ3) is 4.64. The largest absolute Gasteiger partial charge is 0.489 e. The van der Waals surface area contributed by atoms with Gasteiger partial charge in [0, 0.05) is 49.0 Å². The van der Waals surface area contributed by atoms with E-state index in [-0.39, 0.29) is 11.7 Å². The zero-order valence-electron chi connectivity index (χ0n) is 16.4. The standard InChI is InChI=1S/C23H23N3O4/c27-21(17-2-1-7-24-10-17)14-26-13-20-5-3-16-8-15(4-6-22(16)30-20)18-9-19(23(28)29)12-25-11-18/h1-2,4,6-12,20-21,26-27H,3,5,13-14H2,(H,28,29)/t20-,21+/m1/s1. The summed E-state index contributed by atoms with van der Waals surface area (Å²) in [7, 11) is 0. The molecule has 0 spiro atoms. The molecule has 0 saturated carbocycles. The van der Waals surface area contributed by atoms with E-state index >= 15 is 0 Å². The normalized spacial score (nSPS) is 16.4. The molecular formula is C23H23N3O4. The van der Waals surface area contributed by atoms with Crippen molar-refractivity contribution in [2.24, 2.45) is 0 Å². The van der Waals surface area contributed by atoms with Crippen LogP contribution >= 0.6 is 0 Å². The van der Waals surface area contributed by atoms with Gasteiger partial charge in [0.15, 0.2) is 0 Å². The van der Waals surface area contributed by atoms with Crippen LogP contribution in [0.25, 0.3) is 11.1 Å². The maximum atomic E-state index is 11.2. The van der Waals surface area contributed by atoms with Crippen LogP contribution in [0.4, 0.5) is 0 Å². The number of aromatic nitrogens is 2. The van der Waals surface area contributed by atoms with Crippen molar-refractivity contribution in [3.8, 4) is 16.9 Å². The van der Waals surface area contributed by atoms with Crippen molar-refractivity contribution in [2.45, 2.75) is 25.0 Å². The Labute approximate surface area is 174 Å². The Morgan fingerprint density at radius 2 is 2.07 bits per heavy atom. The summed E-state index contributed by atoms with van der Waals surface area (Å²) in [4.78, 5) is 19.2. The number of aryl methyl sites for hydroxylation is 1. The molecule has 1 aromatic carbocycles. The molecule has 0 amide bonds. The molecule has 0 unspecified atom stereocenters. The fourth-order valence-electron chi connectivity index (χ4n) is 3.55. The molecule has 0 radical (unpaired) electrons. The van der Waals surface area contributed by atoms with Gasteiger partial charge < -0.3 is 20.3 Å². The number of rotatable bonds is 7. The van der Waals surface area contributed by atoms with Crippen molar-refractivity contribution in [2.75, 3.05) is 13.1 Å². The summed E-state index contributed by atoms with van der Waals surface area (Å²) >= 11 is 0. The molecule has 0 bridgehead atoms. The molecule has 3 aromatic rings. The third-order valence-electron chi connectivity index (χ3n) is 5.19. The molecule has 4 rings (SSSR count). The number of benzene rings is 1. The molecule has 0 saturated heterocycles. The van der Waals surface area contributed by atoms with Gasteiger partial charge in [-0.05, 0) is 48.2 Å². The van der Waals surface area contributed by atoms with Crippen LogP contribution < -0.4 is 10.1 Å². The number of aliphatic hydroxyl groups excluding tert-OH is 1. The maximum absolute atomic E-state index is 11.2. The lowest BCUT2D eigenvalue weighted by atomic mass is 9.97. The molecule has 3 N–H and O–H groups in total. The molecule has 30 heavy (non-hydrogen) atoms. The number of carboxylic acid groups (broad SMARTS) is 1. The fraction of sp³-hybridized carbons (Fsp3) is 0.261. The topological polar surface area (TPSA) is 105 Å². The van der Waals surface area contributed by atoms with Crippen molar-refractivity contribution in [3.05, 3.63) is 77.9 Å². The summed E-state index contributed by atoms with van der Waals surface area (Å²) < 4.78 is 6.11. The quantitative estimate of drug-likeness (QED) is 0.555. The number of pyridine rings is 2. The van der Waals surface area contributed by atoms with E-state index in [1.807, 2.05) is 30.3 Å². The van der Waals surface area contributed by atoms with E-state index in [9.17, 15) is 9.90 Å². The molecular weight excluding hydrogens is 382 g/mol. The van der Waals surface area contributed by atoms with Gasteiger partial charge in [0.2, 0.25) is 0 Å². The van der Waals surface area contributed by atoms with Crippen LogP contribution in [0, 0.1) is 0 Å². The summed E-state index contributed by atoms with van der Waals surface area (Å²) in [6.45, 7) is 1.08. The van der Waals surface area contributed by atoms with Crippen molar-refractivity contribution >= 4 is 5.97 Å². The van der Waals surface area contributed by atoms with E-state index < -0.39 is 12.1 Å². The number of fused-ring (bicyclic) bond motifs is 1. The smallest absolute Gasteiger partial charge is 0.337 e. The average Bonchev–Trinajstić information content (AvgIpc) is 2.79. The van der Waals surface area contributed by atoms with Crippen LogP contribution in [-0.2, 0) is 6.42 Å². The Morgan fingerprint density at radius 1 is 1.17 bits per heavy atom. The van der Waals surface area contributed by atoms with Gasteiger partial charge in [-0.2, -0.15) is 0 Å². The summed E-state index contributed by atoms with van der Waals surface area (Å²) in [6.07, 6.45) is 7.51. The number of carboxylic acids is 1. The molecule has 2 atom stereocenters. The number of aromatic carboxylic acids is 1. The van der Waals surface area contributed by atoms with Crippen LogP contribution in [0.15, 0.2) is 61.2 Å². The molecule has 154 valence electrons. The van der Waals surface area contributed by atoms with Crippen LogP contribution in [0.5, 0.6) is 5.75 Å². The molecule has 0 aliphatic carbocycles. The predicted octanol–water partition coefficient (Wildman–Crippen LogP) is 2.86. The SMILES string of the molecule is O=C(O)c1cncc(-c2ccc3c(c2)CC[C@H](CNC[C@H](O)c2cccnc2)O3)c1. The Kier molecular flexibility index (Phi) is 6.02. The zero-order valence-corrected chi connectivity index (χ0v) is 16.4. The van der Waals surface area contributed by atoms with Gasteiger partial charge in [-0.25, -0.2) is 4.79 Å². The van der Waals surface area contributed by atoms with E-state index in [2.05, 4.69) is 15.3 Å². The first-order chi connectivity index (χ1) is 14.6. The number of hydrogen-bond donors (Lipinski definition) is 3. The molecule has 7 nitrogen and oxygen atoms in total. The number of ether oxygens (including phenoxy) is 1. The first kappa shape index (κ1) is 20.0. The van der Waals surface area contributed by atoms with Crippen molar-refractivity contribution in [1.29, 1.82) is 0 Å². The molecule has 3 heterocycles. The highest BCUT2D eigenvalue weighted by molar-refractivity contribution is 5.88. The highest BCUT2D eigenvalue weighted by Crippen LogP contribution is 2.32. The minimum Gasteiger partial charge on any atom is -0.489 e. The summed E-state index contributed by atoms with van der Waals surface area (Å²) in [5.74, 6) is -0.151. The number of nitrogens with zero attached hydrogens (tertiary/aromatic N) is 2. The van der Waals surface area contributed by atoms with E-state index in [1.165, 1.54) is 6.20 Å². The van der Waals surface area contributed by atoms with E-state index in [4.69, 9.17) is 9.84 Å². The van der Waals surface area contributed by atoms with Crippen LogP contribution in [0.1, 0.15) is 34.0 Å². The van der Waals surface area contributed by atoms with Gasteiger partial charge in [-0.15, -0.1) is 0 Å².